The number of pyridine rings is 1. The fraction of sp³-hybridized carbons (Fsp3) is 0.611. The highest BCUT2D eigenvalue weighted by atomic mass is 19.5. The van der Waals surface area contributed by atoms with Crippen LogP contribution in [-0.4, -0.2) is 18.8 Å². The van der Waals surface area contributed by atoms with Gasteiger partial charge in [-0.1, -0.05) is 47.6 Å². The number of aromatic amines is 1. The highest BCUT2D eigenvalue weighted by molar-refractivity contribution is 6.50. The number of ketones is 2. The van der Waals surface area contributed by atoms with E-state index >= 15 is 0 Å². The first kappa shape index (κ1) is 24.3. The van der Waals surface area contributed by atoms with Crippen LogP contribution < -0.4 is 4.98 Å². The van der Waals surface area contributed by atoms with Gasteiger partial charge in [-0.25, -0.2) is 4.98 Å². The standard InChI is InChI=1S/C18H27NO2.BF4/c1-17(2,3)15(20)11-13(12-16(21)18(4,5)6)14-9-7-8-10-19-14;2-1(3,4)5/h7-10,13H,11-12H2,1-6H3;/q;-1/p+1. The summed E-state index contributed by atoms with van der Waals surface area (Å²) in [4.78, 5) is 27.9. The van der Waals surface area contributed by atoms with Crippen molar-refractivity contribution in [3.8, 4) is 0 Å². The zero-order valence-electron chi connectivity index (χ0n) is 16.2. The normalized spacial score (nSPS) is 12.4. The van der Waals surface area contributed by atoms with Gasteiger partial charge >= 0.3 is 7.25 Å². The molecule has 0 spiro atoms. The third-order valence-corrected chi connectivity index (χ3v) is 3.71. The Hall–Kier alpha value is -1.73. The molecule has 0 radical (unpaired) electrons. The van der Waals surface area contributed by atoms with E-state index in [9.17, 15) is 26.9 Å². The van der Waals surface area contributed by atoms with Crippen molar-refractivity contribution >= 4 is 18.8 Å². The Balaban J connectivity index is 0.00000110. The maximum Gasteiger partial charge on any atom is 0.673 e. The largest absolute Gasteiger partial charge is 0.673 e. The second-order valence-electron chi connectivity index (χ2n) is 8.26. The topological polar surface area (TPSA) is 48.3 Å². The number of hydrogen-bond donors (Lipinski definition) is 0. The van der Waals surface area contributed by atoms with E-state index < -0.39 is 7.25 Å². The zero-order chi connectivity index (χ0) is 20.8. The van der Waals surface area contributed by atoms with Crippen molar-refractivity contribution < 1.29 is 31.8 Å². The summed E-state index contributed by atoms with van der Waals surface area (Å²) in [5.41, 5.74) is 0.197. The van der Waals surface area contributed by atoms with Gasteiger partial charge in [0.05, 0.1) is 5.92 Å². The summed E-state index contributed by atoms with van der Waals surface area (Å²) in [5.74, 6) is 0.294. The van der Waals surface area contributed by atoms with Crippen molar-refractivity contribution in [2.24, 2.45) is 10.8 Å². The summed E-state index contributed by atoms with van der Waals surface area (Å²) >= 11 is 0. The summed E-state index contributed by atoms with van der Waals surface area (Å²) < 4.78 is 39.0. The average Bonchev–Trinajstić information content (AvgIpc) is 2.43. The molecule has 148 valence electrons. The van der Waals surface area contributed by atoms with Crippen LogP contribution in [-0.2, 0) is 9.59 Å². The fourth-order valence-corrected chi connectivity index (χ4v) is 2.01. The summed E-state index contributed by atoms with van der Waals surface area (Å²) in [6.45, 7) is 11.5. The van der Waals surface area contributed by atoms with E-state index in [0.717, 1.165) is 5.69 Å². The second-order valence-corrected chi connectivity index (χ2v) is 8.26. The molecule has 1 heterocycles. The van der Waals surface area contributed by atoms with Crippen molar-refractivity contribution in [3.05, 3.63) is 30.1 Å². The minimum Gasteiger partial charge on any atom is -0.418 e. The van der Waals surface area contributed by atoms with Gasteiger partial charge in [0.25, 0.3) is 0 Å². The fourth-order valence-electron chi connectivity index (χ4n) is 2.01. The number of nitrogens with one attached hydrogen (secondary N) is 1. The first-order valence-electron chi connectivity index (χ1n) is 8.42. The quantitative estimate of drug-likeness (QED) is 0.542. The lowest BCUT2D eigenvalue weighted by molar-refractivity contribution is -0.393. The predicted octanol–water partition coefficient (Wildman–Crippen LogP) is 4.89. The molecule has 3 nitrogen and oxygen atoms in total. The lowest BCUT2D eigenvalue weighted by atomic mass is 9.79. The maximum atomic E-state index is 12.4. The van der Waals surface area contributed by atoms with E-state index in [4.69, 9.17) is 0 Å². The lowest BCUT2D eigenvalue weighted by Gasteiger charge is -2.23. The van der Waals surface area contributed by atoms with E-state index in [-0.39, 0.29) is 28.3 Å². The molecular formula is C18H28BF4NO2. The van der Waals surface area contributed by atoms with Gasteiger partial charge in [-0.2, -0.15) is 0 Å². The Kier molecular flexibility index (Phi) is 8.67. The monoisotopic (exact) mass is 377 g/mol. The Bertz CT molecular complexity index is 556. The molecule has 0 saturated carbocycles. The van der Waals surface area contributed by atoms with Gasteiger partial charge < -0.3 is 17.3 Å². The minimum absolute atomic E-state index is 0.0790. The SMILES string of the molecule is CC(C)(C)C(=O)CC(CC(=O)C(C)(C)C)c1cccc[nH+]1.F[B-](F)(F)F. The molecule has 0 amide bonds. The third kappa shape index (κ3) is 11.0. The molecule has 0 fully saturated rings. The van der Waals surface area contributed by atoms with Gasteiger partial charge in [0.1, 0.15) is 11.6 Å². The van der Waals surface area contributed by atoms with Crippen molar-refractivity contribution in [2.45, 2.75) is 60.3 Å². The van der Waals surface area contributed by atoms with Crippen LogP contribution in [0, 0.1) is 10.8 Å². The molecule has 0 saturated heterocycles. The Morgan fingerprint density at radius 2 is 1.31 bits per heavy atom. The number of H-pyrrole nitrogens is 1. The number of carbonyl (C=O) groups excluding carboxylic acids is 2. The average molecular weight is 377 g/mol. The van der Waals surface area contributed by atoms with Gasteiger partial charge in [-0.05, 0) is 0 Å². The molecule has 1 rings (SSSR count). The number of hydrogen-bond acceptors (Lipinski definition) is 2. The van der Waals surface area contributed by atoms with E-state index in [1.165, 1.54) is 0 Å². The lowest BCUT2D eigenvalue weighted by Crippen LogP contribution is -2.29. The highest BCUT2D eigenvalue weighted by Gasteiger charge is 2.32. The summed E-state index contributed by atoms with van der Waals surface area (Å²) in [6.07, 6.45) is 2.63. The molecule has 1 aromatic rings. The van der Waals surface area contributed by atoms with Crippen LogP contribution in [0.1, 0.15) is 66.0 Å². The number of carbonyl (C=O) groups is 2. The summed E-state index contributed by atoms with van der Waals surface area (Å²) in [6, 6.07) is 5.79. The third-order valence-electron chi connectivity index (χ3n) is 3.71. The Morgan fingerprint density at radius 1 is 0.923 bits per heavy atom. The molecular weight excluding hydrogens is 349 g/mol. The first-order valence-corrected chi connectivity index (χ1v) is 8.42. The van der Waals surface area contributed by atoms with Crippen LogP contribution in [0.3, 0.4) is 0 Å². The summed E-state index contributed by atoms with van der Waals surface area (Å²) in [7, 11) is -6.00. The van der Waals surface area contributed by atoms with Crippen molar-refractivity contribution in [1.82, 2.24) is 0 Å². The number of halogens is 4. The molecule has 1 N–H and O–H groups in total. The van der Waals surface area contributed by atoms with Crippen LogP contribution in [0.25, 0.3) is 0 Å². The molecule has 0 aliphatic carbocycles. The second kappa shape index (κ2) is 9.28. The van der Waals surface area contributed by atoms with Crippen molar-refractivity contribution in [1.29, 1.82) is 0 Å². The highest BCUT2D eigenvalue weighted by Crippen LogP contribution is 2.30. The van der Waals surface area contributed by atoms with Gasteiger partial charge in [-0.3, -0.25) is 9.59 Å². The number of rotatable bonds is 5. The van der Waals surface area contributed by atoms with Gasteiger partial charge in [-0.15, -0.1) is 0 Å². The molecule has 0 unspecified atom stereocenters. The van der Waals surface area contributed by atoms with Gasteiger partial charge in [0.2, 0.25) is 0 Å². The van der Waals surface area contributed by atoms with Crippen molar-refractivity contribution in [3.63, 3.8) is 0 Å². The molecule has 1 aromatic heterocycles. The van der Waals surface area contributed by atoms with Gasteiger partial charge in [0, 0.05) is 35.8 Å². The van der Waals surface area contributed by atoms with E-state index in [1.54, 1.807) is 0 Å². The predicted molar refractivity (Wildman–Crippen MR) is 94.1 cm³/mol. The van der Waals surface area contributed by atoms with Crippen LogP contribution in [0.4, 0.5) is 17.3 Å². The van der Waals surface area contributed by atoms with E-state index in [2.05, 4.69) is 4.98 Å². The first-order chi connectivity index (χ1) is 11.5. The van der Waals surface area contributed by atoms with Crippen LogP contribution in [0.5, 0.6) is 0 Å². The molecule has 8 heteroatoms. The van der Waals surface area contributed by atoms with Crippen molar-refractivity contribution in [2.75, 3.05) is 0 Å². The van der Waals surface area contributed by atoms with E-state index in [0.29, 0.717) is 12.8 Å². The molecule has 26 heavy (non-hydrogen) atoms. The zero-order valence-corrected chi connectivity index (χ0v) is 16.2. The van der Waals surface area contributed by atoms with Crippen LogP contribution >= 0.6 is 0 Å². The van der Waals surface area contributed by atoms with Gasteiger partial charge in [0.15, 0.2) is 11.9 Å². The molecule has 0 atom stereocenters. The molecule has 0 aromatic carbocycles. The Labute approximate surface area is 152 Å². The van der Waals surface area contributed by atoms with E-state index in [1.807, 2.05) is 65.9 Å². The number of Topliss-reactive ketones (excluding diaryl/α,β-unsaturated/α-hetero) is 2. The molecule has 0 aliphatic heterocycles. The minimum atomic E-state index is -6.00. The molecule has 0 aliphatic rings. The van der Waals surface area contributed by atoms with Crippen LogP contribution in [0.15, 0.2) is 24.4 Å². The maximum absolute atomic E-state index is 12.4. The Morgan fingerprint density at radius 3 is 1.58 bits per heavy atom. The number of aromatic nitrogens is 1. The summed E-state index contributed by atoms with van der Waals surface area (Å²) in [5, 5.41) is 0. The smallest absolute Gasteiger partial charge is 0.418 e. The van der Waals surface area contributed by atoms with Crippen LogP contribution in [0.2, 0.25) is 0 Å². The molecule has 0 bridgehead atoms.